The molecule has 0 saturated carbocycles. The summed E-state index contributed by atoms with van der Waals surface area (Å²) in [5.41, 5.74) is 5.08. The quantitative estimate of drug-likeness (QED) is 0.205. The Bertz CT molecular complexity index is 1530. The van der Waals surface area contributed by atoms with Crippen LogP contribution in [0.2, 0.25) is 5.02 Å². The molecule has 180 valence electrons. The van der Waals surface area contributed by atoms with Crippen LogP contribution in [0.1, 0.15) is 43.0 Å². The molecule has 0 fully saturated rings. The standard InChI is InChI=1S/C30H25ClN2O2S/c1-18-5-14-25-20(15-18)16-21(28(33-25)36-24-12-10-23(31)11-13-24)17-26-29(34)35-27(32-26)19-6-8-22(9-7-19)30(2,3)4/h5-17H,1-4H3. The number of carbonyl (C=O) groups excluding carboxylic acids is 1. The molecule has 0 radical (unpaired) electrons. The first-order valence-corrected chi connectivity index (χ1v) is 12.8. The van der Waals surface area contributed by atoms with Crippen LogP contribution in [0.3, 0.4) is 0 Å². The molecule has 0 N–H and O–H groups in total. The molecule has 0 saturated heterocycles. The monoisotopic (exact) mass is 512 g/mol. The van der Waals surface area contributed by atoms with E-state index in [9.17, 15) is 4.79 Å². The zero-order valence-corrected chi connectivity index (χ0v) is 22.1. The van der Waals surface area contributed by atoms with Crippen molar-refractivity contribution in [3.63, 3.8) is 0 Å². The van der Waals surface area contributed by atoms with Gasteiger partial charge in [-0.1, -0.05) is 67.9 Å². The SMILES string of the molecule is Cc1ccc2nc(Sc3ccc(Cl)cc3)c(C=C3N=C(c4ccc(C(C)(C)C)cc4)OC3=O)cc2c1. The van der Waals surface area contributed by atoms with E-state index < -0.39 is 5.97 Å². The van der Waals surface area contributed by atoms with Crippen molar-refractivity contribution in [2.45, 2.75) is 43.0 Å². The average molecular weight is 513 g/mol. The smallest absolute Gasteiger partial charge is 0.363 e. The van der Waals surface area contributed by atoms with Gasteiger partial charge in [-0.3, -0.25) is 0 Å². The molecule has 4 nitrogen and oxygen atoms in total. The van der Waals surface area contributed by atoms with E-state index >= 15 is 0 Å². The normalized spacial score (nSPS) is 14.9. The van der Waals surface area contributed by atoms with Crippen LogP contribution >= 0.6 is 23.4 Å². The molecule has 0 amide bonds. The molecule has 4 aromatic rings. The summed E-state index contributed by atoms with van der Waals surface area (Å²) in [5, 5.41) is 2.44. The average Bonchev–Trinajstić information content (AvgIpc) is 3.20. The number of hydrogen-bond donors (Lipinski definition) is 0. The predicted octanol–water partition coefficient (Wildman–Crippen LogP) is 7.99. The topological polar surface area (TPSA) is 51.6 Å². The fraction of sp³-hybridized carbons (Fsp3) is 0.167. The van der Waals surface area contributed by atoms with Gasteiger partial charge < -0.3 is 4.74 Å². The van der Waals surface area contributed by atoms with Gasteiger partial charge in [0.1, 0.15) is 5.03 Å². The lowest BCUT2D eigenvalue weighted by molar-refractivity contribution is -0.129. The number of halogens is 1. The number of carbonyl (C=O) groups is 1. The first-order valence-electron chi connectivity index (χ1n) is 11.6. The second kappa shape index (κ2) is 9.57. The Morgan fingerprint density at radius 3 is 2.36 bits per heavy atom. The van der Waals surface area contributed by atoms with E-state index in [1.54, 1.807) is 6.08 Å². The number of pyridine rings is 1. The van der Waals surface area contributed by atoms with Crippen LogP contribution < -0.4 is 0 Å². The lowest BCUT2D eigenvalue weighted by Crippen LogP contribution is -2.11. The van der Waals surface area contributed by atoms with Crippen LogP contribution in [0.15, 0.2) is 93.4 Å². The van der Waals surface area contributed by atoms with Crippen molar-refractivity contribution < 1.29 is 9.53 Å². The second-order valence-electron chi connectivity index (χ2n) is 9.80. The number of aliphatic imine (C=N–C) groups is 1. The molecule has 0 aliphatic carbocycles. The lowest BCUT2D eigenvalue weighted by Gasteiger charge is -2.18. The van der Waals surface area contributed by atoms with Gasteiger partial charge in [0.25, 0.3) is 0 Å². The van der Waals surface area contributed by atoms with Gasteiger partial charge in [0, 0.05) is 26.4 Å². The summed E-state index contributed by atoms with van der Waals surface area (Å²) in [5.74, 6) is -0.167. The van der Waals surface area contributed by atoms with E-state index in [1.807, 2.05) is 73.7 Å². The third-order valence-corrected chi connectivity index (χ3v) is 7.18. The Kier molecular flexibility index (Phi) is 6.45. The summed E-state index contributed by atoms with van der Waals surface area (Å²) in [7, 11) is 0. The van der Waals surface area contributed by atoms with E-state index in [0.29, 0.717) is 10.9 Å². The molecule has 3 aromatic carbocycles. The molecule has 0 unspecified atom stereocenters. The van der Waals surface area contributed by atoms with E-state index in [-0.39, 0.29) is 11.1 Å². The van der Waals surface area contributed by atoms with Crippen LogP contribution in [0.4, 0.5) is 0 Å². The predicted molar refractivity (Wildman–Crippen MR) is 148 cm³/mol. The van der Waals surface area contributed by atoms with E-state index in [0.717, 1.165) is 37.5 Å². The van der Waals surface area contributed by atoms with Gasteiger partial charge in [-0.05, 0) is 78.6 Å². The minimum absolute atomic E-state index is 0.0390. The molecule has 1 aliphatic heterocycles. The summed E-state index contributed by atoms with van der Waals surface area (Å²) >= 11 is 7.58. The maximum absolute atomic E-state index is 12.8. The molecule has 5 rings (SSSR count). The van der Waals surface area contributed by atoms with Crippen molar-refractivity contribution in [1.82, 2.24) is 4.98 Å². The highest BCUT2D eigenvalue weighted by Gasteiger charge is 2.25. The first-order chi connectivity index (χ1) is 17.2. The minimum Gasteiger partial charge on any atom is -0.402 e. The Hall–Kier alpha value is -3.41. The van der Waals surface area contributed by atoms with E-state index in [2.05, 4.69) is 31.8 Å². The summed E-state index contributed by atoms with van der Waals surface area (Å²) in [6.45, 7) is 8.53. The van der Waals surface area contributed by atoms with Crippen LogP contribution in [0.5, 0.6) is 0 Å². The molecular formula is C30H25ClN2O2S. The highest BCUT2D eigenvalue weighted by atomic mass is 35.5. The number of aromatic nitrogens is 1. The number of aryl methyl sites for hydroxylation is 1. The first kappa shape index (κ1) is 24.3. The van der Waals surface area contributed by atoms with Gasteiger partial charge >= 0.3 is 5.97 Å². The third-order valence-electron chi connectivity index (χ3n) is 5.90. The number of nitrogens with zero attached hydrogens (tertiary/aromatic N) is 2. The molecule has 6 heteroatoms. The zero-order valence-electron chi connectivity index (χ0n) is 20.5. The summed E-state index contributed by atoms with van der Waals surface area (Å²) in [6, 6.07) is 23.8. The molecule has 2 heterocycles. The minimum atomic E-state index is -0.475. The Balaban J connectivity index is 1.55. The molecular weight excluding hydrogens is 488 g/mol. The Morgan fingerprint density at radius 1 is 0.944 bits per heavy atom. The lowest BCUT2D eigenvalue weighted by atomic mass is 9.87. The number of esters is 1. The van der Waals surface area contributed by atoms with Crippen molar-refractivity contribution in [2.24, 2.45) is 4.99 Å². The number of benzene rings is 3. The van der Waals surface area contributed by atoms with Gasteiger partial charge in [-0.25, -0.2) is 14.8 Å². The fourth-order valence-corrected chi connectivity index (χ4v) is 4.89. The Morgan fingerprint density at radius 2 is 1.67 bits per heavy atom. The third kappa shape index (κ3) is 5.23. The van der Waals surface area contributed by atoms with Crippen LogP contribution in [0.25, 0.3) is 17.0 Å². The summed E-state index contributed by atoms with van der Waals surface area (Å²) < 4.78 is 5.54. The fourth-order valence-electron chi connectivity index (χ4n) is 3.89. The van der Waals surface area contributed by atoms with Crippen LogP contribution in [0, 0.1) is 6.92 Å². The van der Waals surface area contributed by atoms with Crippen molar-refractivity contribution in [1.29, 1.82) is 0 Å². The number of fused-ring (bicyclic) bond motifs is 1. The number of rotatable bonds is 4. The number of ether oxygens (including phenoxy) is 1. The van der Waals surface area contributed by atoms with Gasteiger partial charge in [0.15, 0.2) is 5.70 Å². The molecule has 0 atom stereocenters. The van der Waals surface area contributed by atoms with Gasteiger partial charge in [0.2, 0.25) is 5.90 Å². The number of hydrogen-bond acceptors (Lipinski definition) is 5. The summed E-state index contributed by atoms with van der Waals surface area (Å²) in [4.78, 5) is 23.2. The molecule has 1 aromatic heterocycles. The van der Waals surface area contributed by atoms with E-state index in [4.69, 9.17) is 21.3 Å². The van der Waals surface area contributed by atoms with Crippen molar-refractivity contribution in [3.05, 3.63) is 106 Å². The van der Waals surface area contributed by atoms with Gasteiger partial charge in [-0.15, -0.1) is 0 Å². The largest absolute Gasteiger partial charge is 0.402 e. The van der Waals surface area contributed by atoms with Crippen molar-refractivity contribution in [2.75, 3.05) is 0 Å². The maximum atomic E-state index is 12.8. The highest BCUT2D eigenvalue weighted by Crippen LogP contribution is 2.34. The van der Waals surface area contributed by atoms with E-state index in [1.165, 1.54) is 17.3 Å². The second-order valence-corrected chi connectivity index (χ2v) is 11.3. The summed E-state index contributed by atoms with van der Waals surface area (Å²) in [6.07, 6.45) is 1.76. The molecule has 0 spiro atoms. The van der Waals surface area contributed by atoms with Crippen molar-refractivity contribution >= 4 is 52.2 Å². The molecule has 36 heavy (non-hydrogen) atoms. The van der Waals surface area contributed by atoms with Crippen LogP contribution in [-0.2, 0) is 14.9 Å². The van der Waals surface area contributed by atoms with Crippen molar-refractivity contribution in [3.8, 4) is 0 Å². The Labute approximate surface area is 220 Å². The number of cyclic esters (lactones) is 1. The van der Waals surface area contributed by atoms with Gasteiger partial charge in [0.05, 0.1) is 5.52 Å². The molecule has 0 bridgehead atoms. The highest BCUT2D eigenvalue weighted by molar-refractivity contribution is 7.99. The maximum Gasteiger partial charge on any atom is 0.363 e. The van der Waals surface area contributed by atoms with Crippen LogP contribution in [-0.4, -0.2) is 16.9 Å². The van der Waals surface area contributed by atoms with Gasteiger partial charge in [-0.2, -0.15) is 0 Å². The molecule has 1 aliphatic rings. The zero-order chi connectivity index (χ0) is 25.4.